The molecule has 0 aromatic rings. The Morgan fingerprint density at radius 3 is 1.95 bits per heavy atom. The van der Waals surface area contributed by atoms with Crippen molar-refractivity contribution in [3.63, 3.8) is 0 Å². The average Bonchev–Trinajstić information content (AvgIpc) is 2.48. The number of nitrogens with zero attached hydrogens (tertiary/aromatic N) is 1. The van der Waals surface area contributed by atoms with E-state index in [9.17, 15) is 14.2 Å². The molecule has 0 amide bonds. The minimum Gasteiger partial charge on any atom is -0.367 e. The molecule has 1 heterocycles. The van der Waals surface area contributed by atoms with Gasteiger partial charge in [-0.1, -0.05) is 6.92 Å². The highest BCUT2D eigenvalue weighted by Gasteiger charge is 2.59. The predicted molar refractivity (Wildman–Crippen MR) is 73.1 cm³/mol. The van der Waals surface area contributed by atoms with Crippen LogP contribution in [0.15, 0.2) is 0 Å². The van der Waals surface area contributed by atoms with E-state index >= 15 is 0 Å². The zero-order chi connectivity index (χ0) is 16.0. The minimum atomic E-state index is -5.36. The second kappa shape index (κ2) is 5.45. The van der Waals surface area contributed by atoms with Gasteiger partial charge in [-0.2, -0.15) is 0 Å². The van der Waals surface area contributed by atoms with Crippen LogP contribution in [0.25, 0.3) is 0 Å². The van der Waals surface area contributed by atoms with Gasteiger partial charge in [-0.3, -0.25) is 14.0 Å². The summed E-state index contributed by atoms with van der Waals surface area (Å²) < 4.78 is 22.5. The molecule has 0 aromatic carbocycles. The van der Waals surface area contributed by atoms with E-state index in [0.717, 1.165) is 6.42 Å². The third-order valence-corrected chi connectivity index (χ3v) is 8.38. The number of likely N-dealkylation sites (tertiary alicyclic amines) is 1. The molecule has 1 fully saturated rings. The lowest BCUT2D eigenvalue weighted by Gasteiger charge is -2.37. The summed E-state index contributed by atoms with van der Waals surface area (Å²) in [5.74, 6) is 0.348. The van der Waals surface area contributed by atoms with Crippen molar-refractivity contribution in [1.82, 2.24) is 4.90 Å². The molecule has 10 heteroatoms. The monoisotopic (exact) mass is 331 g/mol. The van der Waals surface area contributed by atoms with Crippen LogP contribution in [0.5, 0.6) is 0 Å². The highest BCUT2D eigenvalue weighted by atomic mass is 31.2. The smallest absolute Gasteiger partial charge is 0.367 e. The highest BCUT2D eigenvalue weighted by Crippen LogP contribution is 2.69. The van der Waals surface area contributed by atoms with Gasteiger partial charge in [0.25, 0.3) is 5.08 Å². The number of rotatable bonds is 5. The van der Waals surface area contributed by atoms with Crippen LogP contribution in [0, 0.1) is 5.92 Å². The lowest BCUT2D eigenvalue weighted by molar-refractivity contribution is 0.0853. The first kappa shape index (κ1) is 18.3. The fraction of sp³-hybridized carbons (Fsp3) is 1.00. The van der Waals surface area contributed by atoms with E-state index in [1.807, 2.05) is 25.7 Å². The van der Waals surface area contributed by atoms with Gasteiger partial charge < -0.3 is 24.7 Å². The summed E-state index contributed by atoms with van der Waals surface area (Å²) in [4.78, 5) is 38.2. The summed E-state index contributed by atoms with van der Waals surface area (Å²) in [5.41, 5.74) is -0.245. The van der Waals surface area contributed by atoms with E-state index in [0.29, 0.717) is 12.5 Å². The van der Waals surface area contributed by atoms with Crippen LogP contribution in [0.1, 0.15) is 33.6 Å². The second-order valence-electron chi connectivity index (χ2n) is 5.94. The summed E-state index contributed by atoms with van der Waals surface area (Å²) >= 11 is 0. The molecule has 8 nitrogen and oxygen atoms in total. The van der Waals surface area contributed by atoms with E-state index in [4.69, 9.17) is 19.6 Å². The summed E-state index contributed by atoms with van der Waals surface area (Å²) in [6.07, 6.45) is 0.203. The average molecular weight is 331 g/mol. The second-order valence-corrected chi connectivity index (χ2v) is 9.95. The van der Waals surface area contributed by atoms with Crippen LogP contribution in [0.4, 0.5) is 0 Å². The van der Waals surface area contributed by atoms with Gasteiger partial charge in [0.15, 0.2) is 0 Å². The molecule has 120 valence electrons. The van der Waals surface area contributed by atoms with E-state index in [1.54, 1.807) is 0 Å². The van der Waals surface area contributed by atoms with Gasteiger partial charge in [-0.05, 0) is 32.7 Å². The number of hydrogen-bond donors (Lipinski definition) is 5. The molecule has 5 N–H and O–H groups in total. The maximum absolute atomic E-state index is 11.3. The van der Waals surface area contributed by atoms with Crippen LogP contribution in [0.2, 0.25) is 0 Å². The van der Waals surface area contributed by atoms with E-state index in [2.05, 4.69) is 0 Å². The van der Waals surface area contributed by atoms with Gasteiger partial charge in [-0.15, -0.1) is 0 Å². The van der Waals surface area contributed by atoms with Crippen molar-refractivity contribution in [2.45, 2.75) is 44.2 Å². The summed E-state index contributed by atoms with van der Waals surface area (Å²) in [7, 11) is -10.7. The lowest BCUT2D eigenvalue weighted by atomic mass is 9.90. The van der Waals surface area contributed by atoms with Crippen molar-refractivity contribution in [1.29, 1.82) is 0 Å². The van der Waals surface area contributed by atoms with Crippen molar-refractivity contribution in [3.8, 4) is 0 Å². The van der Waals surface area contributed by atoms with Gasteiger partial charge in [0.05, 0.1) is 0 Å². The Morgan fingerprint density at radius 1 is 1.20 bits per heavy atom. The van der Waals surface area contributed by atoms with Crippen molar-refractivity contribution in [2.24, 2.45) is 5.92 Å². The molecule has 1 aliphatic heterocycles. The van der Waals surface area contributed by atoms with Gasteiger partial charge in [0, 0.05) is 18.5 Å². The Morgan fingerprint density at radius 2 is 1.65 bits per heavy atom. The van der Waals surface area contributed by atoms with E-state index in [1.165, 1.54) is 0 Å². The van der Waals surface area contributed by atoms with Crippen LogP contribution in [-0.4, -0.2) is 53.3 Å². The third kappa shape index (κ3) is 3.18. The molecule has 20 heavy (non-hydrogen) atoms. The SMILES string of the molecule is CC1CCN(CCC(O)(P(=O)(O)O)P(=O)(O)O)C1(C)C. The molecule has 0 spiro atoms. The molecular formula is C10H23NO7P2. The quantitative estimate of drug-likeness (QED) is 0.459. The van der Waals surface area contributed by atoms with Gasteiger partial charge in [-0.25, -0.2) is 0 Å². The van der Waals surface area contributed by atoms with Gasteiger partial charge >= 0.3 is 15.2 Å². The Bertz CT molecular complexity index is 433. The Hall–Kier alpha value is 0.220. The summed E-state index contributed by atoms with van der Waals surface area (Å²) in [6.45, 7) is 6.62. The molecule has 0 bridgehead atoms. The number of hydrogen-bond acceptors (Lipinski definition) is 4. The molecule has 0 aliphatic carbocycles. The Kier molecular flexibility index (Phi) is 4.98. The first-order chi connectivity index (χ1) is 8.73. The number of aliphatic hydroxyl groups is 1. The van der Waals surface area contributed by atoms with Crippen molar-refractivity contribution in [2.75, 3.05) is 13.1 Å². The summed E-state index contributed by atoms with van der Waals surface area (Å²) in [6, 6.07) is 0. The van der Waals surface area contributed by atoms with Crippen LogP contribution in [-0.2, 0) is 9.13 Å². The van der Waals surface area contributed by atoms with Crippen molar-refractivity contribution < 1.29 is 33.8 Å². The molecule has 0 radical (unpaired) electrons. The topological polar surface area (TPSA) is 139 Å². The largest absolute Gasteiger partial charge is 0.369 e. The predicted octanol–water partition coefficient (Wildman–Crippen LogP) is 0.498. The Labute approximate surface area is 118 Å². The molecule has 1 rings (SSSR count). The zero-order valence-electron chi connectivity index (χ0n) is 11.8. The molecule has 1 aliphatic rings. The van der Waals surface area contributed by atoms with Gasteiger partial charge in [0.2, 0.25) is 0 Å². The van der Waals surface area contributed by atoms with E-state index in [-0.39, 0.29) is 12.1 Å². The molecule has 0 aromatic heterocycles. The van der Waals surface area contributed by atoms with Crippen LogP contribution in [0.3, 0.4) is 0 Å². The zero-order valence-corrected chi connectivity index (χ0v) is 13.6. The lowest BCUT2D eigenvalue weighted by Crippen LogP contribution is -2.44. The Balaban J connectivity index is 2.91. The molecule has 0 saturated carbocycles. The van der Waals surface area contributed by atoms with E-state index < -0.39 is 26.7 Å². The minimum absolute atomic E-state index is 0.00403. The fourth-order valence-corrected chi connectivity index (χ4v) is 4.59. The van der Waals surface area contributed by atoms with Crippen molar-refractivity contribution >= 4 is 15.2 Å². The van der Waals surface area contributed by atoms with Crippen LogP contribution >= 0.6 is 15.2 Å². The highest BCUT2D eigenvalue weighted by molar-refractivity contribution is 7.72. The third-order valence-electron chi connectivity index (χ3n) is 4.50. The maximum atomic E-state index is 11.3. The van der Waals surface area contributed by atoms with Gasteiger partial charge in [0.1, 0.15) is 0 Å². The molecule has 1 unspecified atom stereocenters. The van der Waals surface area contributed by atoms with Crippen LogP contribution < -0.4 is 0 Å². The molecular weight excluding hydrogens is 308 g/mol. The first-order valence-corrected chi connectivity index (χ1v) is 9.54. The fourth-order valence-electron chi connectivity index (χ4n) is 2.45. The standard InChI is InChI=1S/C10H23NO7P2/c1-8-4-6-11(9(8,2)3)7-5-10(12,19(13,14)15)20(16,17)18/h8,12H,4-7H2,1-3H3,(H2,13,14,15)(H2,16,17,18). The maximum Gasteiger partial charge on any atom is 0.369 e. The summed E-state index contributed by atoms with van der Waals surface area (Å²) in [5, 5.41) is 6.51. The first-order valence-electron chi connectivity index (χ1n) is 6.32. The molecule has 1 saturated heterocycles. The normalized spacial score (nSPS) is 25.1. The van der Waals surface area contributed by atoms with Crippen molar-refractivity contribution in [3.05, 3.63) is 0 Å². The molecule has 1 atom stereocenters.